The Morgan fingerprint density at radius 2 is 1.84 bits per heavy atom. The minimum atomic E-state index is 0.451. The fourth-order valence-electron chi connectivity index (χ4n) is 3.49. The first-order valence-corrected chi connectivity index (χ1v) is 7.48. The van der Waals surface area contributed by atoms with Gasteiger partial charge >= 0.3 is 0 Å². The maximum absolute atomic E-state index is 4.66. The minimum Gasteiger partial charge on any atom is -0.309 e. The van der Waals surface area contributed by atoms with E-state index in [2.05, 4.69) is 61.5 Å². The molecule has 0 amide bonds. The predicted octanol–water partition coefficient (Wildman–Crippen LogP) is 2.26. The fourth-order valence-corrected chi connectivity index (χ4v) is 3.49. The Labute approximate surface area is 117 Å². The smallest absolute Gasteiger partial charge is 0.0644 e. The van der Waals surface area contributed by atoms with Gasteiger partial charge in [-0.25, -0.2) is 0 Å². The highest BCUT2D eigenvalue weighted by Gasteiger charge is 2.28. The van der Waals surface area contributed by atoms with E-state index in [-0.39, 0.29) is 0 Å². The van der Waals surface area contributed by atoms with E-state index in [9.17, 15) is 0 Å². The standard InChI is InChI=1S/C15H28N4/c1-7-19-14(6)15(12(4)17-19)13(5)18-8-10(2)16-11(3)9-18/h10-11,13,16H,7-9H2,1-6H3. The van der Waals surface area contributed by atoms with Gasteiger partial charge in [0.1, 0.15) is 0 Å². The molecule has 1 aliphatic rings. The number of aryl methyl sites for hydroxylation is 2. The zero-order valence-corrected chi connectivity index (χ0v) is 13.2. The molecule has 2 rings (SSSR count). The maximum Gasteiger partial charge on any atom is 0.0644 e. The highest BCUT2D eigenvalue weighted by molar-refractivity contribution is 5.28. The van der Waals surface area contributed by atoms with Gasteiger partial charge in [0.15, 0.2) is 0 Å². The zero-order valence-electron chi connectivity index (χ0n) is 13.2. The number of piperazine rings is 1. The van der Waals surface area contributed by atoms with Crippen molar-refractivity contribution in [2.24, 2.45) is 0 Å². The van der Waals surface area contributed by atoms with E-state index in [1.165, 1.54) is 17.0 Å². The van der Waals surface area contributed by atoms with Gasteiger partial charge in [-0.05, 0) is 41.5 Å². The molecule has 19 heavy (non-hydrogen) atoms. The van der Waals surface area contributed by atoms with Crippen LogP contribution in [0.2, 0.25) is 0 Å². The van der Waals surface area contributed by atoms with Crippen LogP contribution in [0.4, 0.5) is 0 Å². The van der Waals surface area contributed by atoms with Crippen molar-refractivity contribution >= 4 is 0 Å². The van der Waals surface area contributed by atoms with Gasteiger partial charge in [0, 0.05) is 49.0 Å². The van der Waals surface area contributed by atoms with Crippen molar-refractivity contribution in [3.8, 4) is 0 Å². The van der Waals surface area contributed by atoms with Gasteiger partial charge in [-0.3, -0.25) is 9.58 Å². The van der Waals surface area contributed by atoms with Crippen LogP contribution in [0.3, 0.4) is 0 Å². The Hall–Kier alpha value is -0.870. The number of hydrogen-bond acceptors (Lipinski definition) is 3. The van der Waals surface area contributed by atoms with Crippen LogP contribution in [-0.2, 0) is 6.54 Å². The molecule has 0 radical (unpaired) electrons. The Balaban J connectivity index is 2.23. The normalized spacial score (nSPS) is 26.6. The molecule has 2 heterocycles. The molecule has 0 spiro atoms. The quantitative estimate of drug-likeness (QED) is 0.909. The Bertz CT molecular complexity index is 428. The molecular formula is C15H28N4. The van der Waals surface area contributed by atoms with Gasteiger partial charge in [-0.15, -0.1) is 0 Å². The van der Waals surface area contributed by atoms with Crippen LogP contribution in [-0.4, -0.2) is 39.9 Å². The molecule has 4 heteroatoms. The van der Waals surface area contributed by atoms with Crippen LogP contribution < -0.4 is 5.32 Å². The first kappa shape index (κ1) is 14.5. The van der Waals surface area contributed by atoms with Crippen LogP contribution in [0.5, 0.6) is 0 Å². The third-order valence-corrected chi connectivity index (χ3v) is 4.29. The summed E-state index contributed by atoms with van der Waals surface area (Å²) in [6.45, 7) is 16.5. The van der Waals surface area contributed by atoms with E-state index in [4.69, 9.17) is 0 Å². The second kappa shape index (κ2) is 5.63. The third kappa shape index (κ3) is 2.84. The molecule has 0 saturated carbocycles. The van der Waals surface area contributed by atoms with Crippen LogP contribution in [0, 0.1) is 13.8 Å². The average Bonchev–Trinajstić information content (AvgIpc) is 2.62. The summed E-state index contributed by atoms with van der Waals surface area (Å²) in [5.41, 5.74) is 3.93. The van der Waals surface area contributed by atoms with E-state index < -0.39 is 0 Å². The Kier molecular flexibility index (Phi) is 4.31. The average molecular weight is 264 g/mol. The van der Waals surface area contributed by atoms with Gasteiger partial charge < -0.3 is 5.32 Å². The summed E-state index contributed by atoms with van der Waals surface area (Å²) in [7, 11) is 0. The molecule has 1 N–H and O–H groups in total. The van der Waals surface area contributed by atoms with Crippen molar-refractivity contribution < 1.29 is 0 Å². The predicted molar refractivity (Wildman–Crippen MR) is 79.4 cm³/mol. The maximum atomic E-state index is 4.66. The van der Waals surface area contributed by atoms with Crippen molar-refractivity contribution in [2.75, 3.05) is 13.1 Å². The van der Waals surface area contributed by atoms with Crippen molar-refractivity contribution in [2.45, 2.75) is 66.2 Å². The first-order valence-electron chi connectivity index (χ1n) is 7.48. The second-order valence-corrected chi connectivity index (χ2v) is 6.00. The number of nitrogens with one attached hydrogen (secondary N) is 1. The summed E-state index contributed by atoms with van der Waals surface area (Å²) in [6.07, 6.45) is 0. The van der Waals surface area contributed by atoms with Crippen LogP contribution in [0.15, 0.2) is 0 Å². The molecule has 4 nitrogen and oxygen atoms in total. The largest absolute Gasteiger partial charge is 0.309 e. The minimum absolute atomic E-state index is 0.451. The monoisotopic (exact) mass is 264 g/mol. The second-order valence-electron chi connectivity index (χ2n) is 6.00. The molecule has 0 bridgehead atoms. The highest BCUT2D eigenvalue weighted by Crippen LogP contribution is 2.28. The molecule has 1 fully saturated rings. The fraction of sp³-hybridized carbons (Fsp3) is 0.800. The molecular weight excluding hydrogens is 236 g/mol. The summed E-state index contributed by atoms with van der Waals surface area (Å²) >= 11 is 0. The van der Waals surface area contributed by atoms with Gasteiger partial charge in [0.05, 0.1) is 5.69 Å². The first-order chi connectivity index (χ1) is 8.93. The number of aromatic nitrogens is 2. The molecule has 1 aromatic heterocycles. The highest BCUT2D eigenvalue weighted by atomic mass is 15.3. The molecule has 1 aliphatic heterocycles. The van der Waals surface area contributed by atoms with E-state index in [0.717, 1.165) is 19.6 Å². The zero-order chi connectivity index (χ0) is 14.2. The van der Waals surface area contributed by atoms with Gasteiger partial charge in [0.2, 0.25) is 0 Å². The summed E-state index contributed by atoms with van der Waals surface area (Å²) in [5, 5.41) is 8.26. The molecule has 3 atom stereocenters. The van der Waals surface area contributed by atoms with Crippen LogP contribution >= 0.6 is 0 Å². The summed E-state index contributed by atoms with van der Waals surface area (Å²) in [6, 6.07) is 1.58. The lowest BCUT2D eigenvalue weighted by atomic mass is 10.0. The van der Waals surface area contributed by atoms with Gasteiger partial charge in [-0.1, -0.05) is 0 Å². The van der Waals surface area contributed by atoms with Crippen molar-refractivity contribution in [3.05, 3.63) is 17.0 Å². The summed E-state index contributed by atoms with van der Waals surface area (Å²) < 4.78 is 2.12. The molecule has 0 aliphatic carbocycles. The van der Waals surface area contributed by atoms with E-state index in [0.29, 0.717) is 18.1 Å². The lowest BCUT2D eigenvalue weighted by Crippen LogP contribution is -2.54. The topological polar surface area (TPSA) is 33.1 Å². The third-order valence-electron chi connectivity index (χ3n) is 4.29. The van der Waals surface area contributed by atoms with Crippen molar-refractivity contribution in [1.82, 2.24) is 20.0 Å². The number of nitrogens with zero attached hydrogens (tertiary/aromatic N) is 3. The molecule has 1 aromatic rings. The SMILES string of the molecule is CCn1nc(C)c(C(C)N2CC(C)NC(C)C2)c1C. The van der Waals surface area contributed by atoms with Gasteiger partial charge in [-0.2, -0.15) is 5.10 Å². The Morgan fingerprint density at radius 3 is 2.32 bits per heavy atom. The molecule has 0 aromatic carbocycles. The summed E-state index contributed by atoms with van der Waals surface area (Å²) in [4.78, 5) is 2.59. The van der Waals surface area contributed by atoms with E-state index in [1.54, 1.807) is 0 Å². The summed E-state index contributed by atoms with van der Waals surface area (Å²) in [5.74, 6) is 0. The molecule has 3 unspecified atom stereocenters. The lowest BCUT2D eigenvalue weighted by molar-refractivity contribution is 0.130. The number of hydrogen-bond donors (Lipinski definition) is 1. The van der Waals surface area contributed by atoms with Crippen molar-refractivity contribution in [1.29, 1.82) is 0 Å². The van der Waals surface area contributed by atoms with Crippen LogP contribution in [0.1, 0.15) is 50.7 Å². The molecule has 1 saturated heterocycles. The van der Waals surface area contributed by atoms with E-state index >= 15 is 0 Å². The van der Waals surface area contributed by atoms with Gasteiger partial charge in [0.25, 0.3) is 0 Å². The number of rotatable bonds is 3. The van der Waals surface area contributed by atoms with Crippen LogP contribution in [0.25, 0.3) is 0 Å². The Morgan fingerprint density at radius 1 is 1.26 bits per heavy atom. The van der Waals surface area contributed by atoms with E-state index in [1.807, 2.05) is 0 Å². The molecule has 108 valence electrons. The lowest BCUT2D eigenvalue weighted by Gasteiger charge is -2.39. The van der Waals surface area contributed by atoms with Crippen molar-refractivity contribution in [3.63, 3.8) is 0 Å².